The van der Waals surface area contributed by atoms with Crippen LogP contribution in [0.15, 0.2) is 18.2 Å². The van der Waals surface area contributed by atoms with Crippen LogP contribution in [-0.4, -0.2) is 19.1 Å². The van der Waals surface area contributed by atoms with Gasteiger partial charge in [0.05, 0.1) is 17.0 Å². The number of hydrogen-bond donors (Lipinski definition) is 3. The molecule has 0 amide bonds. The molecule has 96 valence electrons. The van der Waals surface area contributed by atoms with E-state index in [1.807, 2.05) is 20.8 Å². The Hall–Kier alpha value is -1.46. The van der Waals surface area contributed by atoms with Crippen LogP contribution in [0.25, 0.3) is 0 Å². The van der Waals surface area contributed by atoms with Crippen LogP contribution in [0.2, 0.25) is 0 Å². The van der Waals surface area contributed by atoms with Crippen LogP contribution < -0.4 is 16.8 Å². The average Bonchev–Trinajstić information content (AvgIpc) is 2.20. The van der Waals surface area contributed by atoms with Gasteiger partial charge >= 0.3 is 0 Å². The molecule has 1 aromatic carbocycles. The molecule has 0 spiro atoms. The predicted octanol–water partition coefficient (Wildman–Crippen LogP) is 2.01. The number of methoxy groups -OCH3 is 1. The van der Waals surface area contributed by atoms with Crippen molar-refractivity contribution in [2.75, 3.05) is 23.9 Å². The smallest absolute Gasteiger partial charge is 0.238 e. The van der Waals surface area contributed by atoms with E-state index in [4.69, 9.17) is 20.9 Å². The fourth-order valence-electron chi connectivity index (χ4n) is 1.28. The molecule has 0 bridgehead atoms. The number of nitrogens with two attached hydrogens (primary N) is 2. The van der Waals surface area contributed by atoms with E-state index in [9.17, 15) is 0 Å². The first kappa shape index (κ1) is 13.6. The molecular weight excluding hydrogens is 218 g/mol. The van der Waals surface area contributed by atoms with Crippen molar-refractivity contribution < 1.29 is 9.47 Å². The largest absolute Gasteiger partial charge is 0.399 e. The van der Waals surface area contributed by atoms with Crippen LogP contribution in [-0.2, 0) is 9.47 Å². The number of anilines is 3. The third-order valence-electron chi connectivity index (χ3n) is 2.03. The summed E-state index contributed by atoms with van der Waals surface area (Å²) in [6.07, 6.45) is -0.570. The molecule has 1 unspecified atom stereocenters. The number of benzene rings is 1. The quantitative estimate of drug-likeness (QED) is 0.553. The van der Waals surface area contributed by atoms with Crippen LogP contribution in [0.3, 0.4) is 0 Å². The summed E-state index contributed by atoms with van der Waals surface area (Å²) in [4.78, 5) is 0. The average molecular weight is 239 g/mol. The second-order valence-corrected chi connectivity index (χ2v) is 4.79. The standard InChI is InChI=1S/C12H21N3O2/c1-12(2,3)17-11(16-4)15-10-7-8(13)5-6-9(10)14/h5-7,11,15H,13-14H2,1-4H3. The molecule has 5 heteroatoms. The van der Waals surface area contributed by atoms with Crippen LogP contribution in [0.4, 0.5) is 17.1 Å². The lowest BCUT2D eigenvalue weighted by Gasteiger charge is -2.27. The lowest BCUT2D eigenvalue weighted by atomic mass is 10.2. The fraction of sp³-hybridized carbons (Fsp3) is 0.500. The summed E-state index contributed by atoms with van der Waals surface area (Å²) in [5, 5.41) is 3.04. The Bertz CT molecular complexity index is 375. The maximum absolute atomic E-state index is 5.83. The first-order valence-corrected chi connectivity index (χ1v) is 5.44. The Morgan fingerprint density at radius 3 is 2.41 bits per heavy atom. The Labute approximate surface area is 102 Å². The summed E-state index contributed by atoms with van der Waals surface area (Å²) >= 11 is 0. The third kappa shape index (κ3) is 4.50. The zero-order valence-electron chi connectivity index (χ0n) is 10.8. The predicted molar refractivity (Wildman–Crippen MR) is 70.5 cm³/mol. The van der Waals surface area contributed by atoms with Gasteiger partial charge in [0.15, 0.2) is 0 Å². The van der Waals surface area contributed by atoms with E-state index >= 15 is 0 Å². The van der Waals surface area contributed by atoms with E-state index in [2.05, 4.69) is 5.32 Å². The molecule has 1 rings (SSSR count). The molecule has 5 nitrogen and oxygen atoms in total. The first-order valence-electron chi connectivity index (χ1n) is 5.44. The van der Waals surface area contributed by atoms with Gasteiger partial charge in [-0.2, -0.15) is 0 Å². The molecule has 17 heavy (non-hydrogen) atoms. The van der Waals surface area contributed by atoms with E-state index in [1.54, 1.807) is 25.3 Å². The Morgan fingerprint density at radius 1 is 1.24 bits per heavy atom. The minimum absolute atomic E-state index is 0.317. The van der Waals surface area contributed by atoms with Crippen LogP contribution in [0.5, 0.6) is 0 Å². The molecular formula is C12H21N3O2. The number of ether oxygens (including phenoxy) is 2. The maximum Gasteiger partial charge on any atom is 0.238 e. The summed E-state index contributed by atoms with van der Waals surface area (Å²) in [6.45, 7) is 5.84. The molecule has 0 saturated heterocycles. The van der Waals surface area contributed by atoms with Crippen molar-refractivity contribution in [3.05, 3.63) is 18.2 Å². The lowest BCUT2D eigenvalue weighted by Crippen LogP contribution is -2.34. The third-order valence-corrected chi connectivity index (χ3v) is 2.03. The molecule has 0 aromatic heterocycles. The zero-order valence-corrected chi connectivity index (χ0v) is 10.8. The number of nitrogens with one attached hydrogen (secondary N) is 1. The molecule has 0 fully saturated rings. The fourth-order valence-corrected chi connectivity index (χ4v) is 1.28. The van der Waals surface area contributed by atoms with Gasteiger partial charge in [-0.1, -0.05) is 0 Å². The molecule has 1 atom stereocenters. The Morgan fingerprint density at radius 2 is 1.88 bits per heavy atom. The zero-order chi connectivity index (χ0) is 13.1. The number of rotatable bonds is 4. The summed E-state index contributed by atoms with van der Waals surface area (Å²) in [7, 11) is 1.56. The van der Waals surface area contributed by atoms with Crippen molar-refractivity contribution in [1.82, 2.24) is 0 Å². The summed E-state index contributed by atoms with van der Waals surface area (Å²) in [6, 6.07) is 5.22. The van der Waals surface area contributed by atoms with Gasteiger partial charge in [0.25, 0.3) is 0 Å². The SMILES string of the molecule is COC(Nc1cc(N)ccc1N)OC(C)(C)C. The normalized spacial score (nSPS) is 13.4. The second kappa shape index (κ2) is 5.25. The van der Waals surface area contributed by atoms with E-state index in [-0.39, 0.29) is 5.60 Å². The van der Waals surface area contributed by atoms with Crippen LogP contribution in [0, 0.1) is 0 Å². The first-order chi connectivity index (χ1) is 7.81. The highest BCUT2D eigenvalue weighted by Gasteiger charge is 2.18. The van der Waals surface area contributed by atoms with Crippen molar-refractivity contribution in [3.63, 3.8) is 0 Å². The van der Waals surface area contributed by atoms with Gasteiger partial charge in [0.2, 0.25) is 6.41 Å². The van der Waals surface area contributed by atoms with Crippen molar-refractivity contribution in [2.24, 2.45) is 0 Å². The van der Waals surface area contributed by atoms with Crippen LogP contribution in [0.1, 0.15) is 20.8 Å². The van der Waals surface area contributed by atoms with E-state index < -0.39 is 6.41 Å². The Kier molecular flexibility index (Phi) is 4.20. The molecule has 0 saturated carbocycles. The van der Waals surface area contributed by atoms with Gasteiger partial charge in [0.1, 0.15) is 0 Å². The van der Waals surface area contributed by atoms with Crippen molar-refractivity contribution in [2.45, 2.75) is 32.8 Å². The minimum Gasteiger partial charge on any atom is -0.399 e. The molecule has 0 heterocycles. The minimum atomic E-state index is -0.570. The van der Waals surface area contributed by atoms with E-state index in [0.29, 0.717) is 17.1 Å². The van der Waals surface area contributed by atoms with Gasteiger partial charge in [-0.3, -0.25) is 0 Å². The van der Waals surface area contributed by atoms with Gasteiger partial charge in [-0.25, -0.2) is 0 Å². The highest BCUT2D eigenvalue weighted by molar-refractivity contribution is 5.70. The molecule has 1 aromatic rings. The highest BCUT2D eigenvalue weighted by atomic mass is 16.7. The van der Waals surface area contributed by atoms with Crippen molar-refractivity contribution >= 4 is 17.1 Å². The van der Waals surface area contributed by atoms with Gasteiger partial charge in [0, 0.05) is 12.8 Å². The molecule has 0 aliphatic carbocycles. The number of nitrogen functional groups attached to an aromatic ring is 2. The number of hydrogen-bond acceptors (Lipinski definition) is 5. The van der Waals surface area contributed by atoms with Gasteiger partial charge < -0.3 is 26.3 Å². The van der Waals surface area contributed by atoms with Crippen molar-refractivity contribution in [1.29, 1.82) is 0 Å². The summed E-state index contributed by atoms with van der Waals surface area (Å²) in [5.41, 5.74) is 13.1. The Balaban J connectivity index is 2.77. The van der Waals surface area contributed by atoms with Crippen LogP contribution >= 0.6 is 0 Å². The van der Waals surface area contributed by atoms with Gasteiger partial charge in [-0.15, -0.1) is 0 Å². The van der Waals surface area contributed by atoms with Gasteiger partial charge in [-0.05, 0) is 39.0 Å². The second-order valence-electron chi connectivity index (χ2n) is 4.79. The van der Waals surface area contributed by atoms with Crippen molar-refractivity contribution in [3.8, 4) is 0 Å². The summed E-state index contributed by atoms with van der Waals surface area (Å²) in [5.74, 6) is 0. The monoisotopic (exact) mass is 239 g/mol. The maximum atomic E-state index is 5.83. The molecule has 0 aliphatic rings. The van der Waals surface area contributed by atoms with E-state index in [1.165, 1.54) is 0 Å². The molecule has 0 radical (unpaired) electrons. The molecule has 0 aliphatic heterocycles. The highest BCUT2D eigenvalue weighted by Crippen LogP contribution is 2.23. The lowest BCUT2D eigenvalue weighted by molar-refractivity contribution is -0.165. The van der Waals surface area contributed by atoms with E-state index in [0.717, 1.165) is 0 Å². The topological polar surface area (TPSA) is 82.5 Å². The molecule has 5 N–H and O–H groups in total. The summed E-state index contributed by atoms with van der Waals surface area (Å²) < 4.78 is 10.9.